The molecule has 1 fully saturated rings. The Kier molecular flexibility index (Phi) is 6.45. The minimum absolute atomic E-state index is 0.369. The first kappa shape index (κ1) is 14.9. The Morgan fingerprint density at radius 2 is 2.00 bits per heavy atom. The lowest BCUT2D eigenvalue weighted by Gasteiger charge is -2.17. The first-order valence-corrected chi connectivity index (χ1v) is 7.04. The fourth-order valence-corrected chi connectivity index (χ4v) is 2.22. The van der Waals surface area contributed by atoms with E-state index >= 15 is 0 Å². The summed E-state index contributed by atoms with van der Waals surface area (Å²) in [7, 11) is 0. The monoisotopic (exact) mass is 243 g/mol. The van der Waals surface area contributed by atoms with Gasteiger partial charge in [-0.25, -0.2) is 0 Å². The lowest BCUT2D eigenvalue weighted by atomic mass is 10.0. The first-order chi connectivity index (χ1) is 8.08. The van der Waals surface area contributed by atoms with E-state index < -0.39 is 0 Å². The molecular weight excluding hydrogens is 214 g/mol. The SMILES string of the molecule is CCCC1(CNCC(O)COCC(C)C)CC1. The average Bonchev–Trinajstić information content (AvgIpc) is 2.98. The van der Waals surface area contributed by atoms with Crippen LogP contribution in [0, 0.1) is 11.3 Å². The zero-order valence-electron chi connectivity index (χ0n) is 11.7. The zero-order valence-corrected chi connectivity index (χ0v) is 11.7. The summed E-state index contributed by atoms with van der Waals surface area (Å²) in [6.07, 6.45) is 4.93. The summed E-state index contributed by atoms with van der Waals surface area (Å²) in [5.41, 5.74) is 0.563. The van der Waals surface area contributed by atoms with Gasteiger partial charge in [-0.2, -0.15) is 0 Å². The molecule has 0 saturated heterocycles. The van der Waals surface area contributed by atoms with Crippen LogP contribution in [0.3, 0.4) is 0 Å². The van der Waals surface area contributed by atoms with Crippen LogP contribution in [0.1, 0.15) is 46.5 Å². The van der Waals surface area contributed by atoms with Gasteiger partial charge < -0.3 is 15.2 Å². The lowest BCUT2D eigenvalue weighted by molar-refractivity contribution is 0.0256. The van der Waals surface area contributed by atoms with Gasteiger partial charge in [-0.15, -0.1) is 0 Å². The maximum absolute atomic E-state index is 9.72. The van der Waals surface area contributed by atoms with Gasteiger partial charge in [0, 0.05) is 19.7 Å². The molecule has 0 spiro atoms. The predicted molar refractivity (Wildman–Crippen MR) is 71.1 cm³/mol. The molecule has 102 valence electrons. The molecule has 17 heavy (non-hydrogen) atoms. The molecule has 1 aliphatic carbocycles. The summed E-state index contributed by atoms with van der Waals surface area (Å²) >= 11 is 0. The number of aliphatic hydroxyl groups is 1. The van der Waals surface area contributed by atoms with E-state index in [1.54, 1.807) is 0 Å². The van der Waals surface area contributed by atoms with Gasteiger partial charge in [-0.1, -0.05) is 27.2 Å². The van der Waals surface area contributed by atoms with Crippen LogP contribution in [0.2, 0.25) is 0 Å². The summed E-state index contributed by atoms with van der Waals surface area (Å²) in [6.45, 7) is 9.38. The molecule has 0 amide bonds. The third-order valence-corrected chi connectivity index (χ3v) is 3.38. The Morgan fingerprint density at radius 1 is 1.29 bits per heavy atom. The highest BCUT2D eigenvalue weighted by Gasteiger charge is 2.40. The molecular formula is C14H29NO2. The second-order valence-electron chi connectivity index (χ2n) is 5.97. The standard InChI is InChI=1S/C14H29NO2/c1-4-5-14(6-7-14)11-15-8-13(16)10-17-9-12(2)3/h12-13,15-16H,4-11H2,1-3H3. The van der Waals surface area contributed by atoms with Gasteiger partial charge in [0.1, 0.15) is 0 Å². The molecule has 0 aromatic carbocycles. The Morgan fingerprint density at radius 3 is 2.53 bits per heavy atom. The summed E-state index contributed by atoms with van der Waals surface area (Å²) in [6, 6.07) is 0. The molecule has 1 unspecified atom stereocenters. The normalized spacial score (nSPS) is 19.6. The fourth-order valence-electron chi connectivity index (χ4n) is 2.22. The fraction of sp³-hybridized carbons (Fsp3) is 1.00. The molecule has 0 heterocycles. The van der Waals surface area contributed by atoms with Crippen LogP contribution in [0.25, 0.3) is 0 Å². The third kappa shape index (κ3) is 6.39. The highest BCUT2D eigenvalue weighted by molar-refractivity contribution is 4.94. The highest BCUT2D eigenvalue weighted by Crippen LogP contribution is 2.48. The first-order valence-electron chi connectivity index (χ1n) is 7.04. The van der Waals surface area contributed by atoms with E-state index in [0.29, 0.717) is 24.5 Å². The molecule has 1 atom stereocenters. The molecule has 1 aliphatic rings. The second-order valence-corrected chi connectivity index (χ2v) is 5.97. The van der Waals surface area contributed by atoms with Crippen LogP contribution in [0.15, 0.2) is 0 Å². The van der Waals surface area contributed by atoms with Crippen LogP contribution < -0.4 is 5.32 Å². The molecule has 1 rings (SSSR count). The van der Waals surface area contributed by atoms with Gasteiger partial charge in [0.2, 0.25) is 0 Å². The van der Waals surface area contributed by atoms with Gasteiger partial charge in [-0.05, 0) is 30.6 Å². The summed E-state index contributed by atoms with van der Waals surface area (Å²) in [5.74, 6) is 0.537. The van der Waals surface area contributed by atoms with Crippen molar-refractivity contribution in [2.75, 3.05) is 26.3 Å². The number of rotatable bonds is 10. The minimum atomic E-state index is -0.369. The maximum atomic E-state index is 9.72. The second kappa shape index (κ2) is 7.34. The van der Waals surface area contributed by atoms with Crippen LogP contribution in [0.5, 0.6) is 0 Å². The van der Waals surface area contributed by atoms with Crippen LogP contribution in [-0.4, -0.2) is 37.5 Å². The summed E-state index contributed by atoms with van der Waals surface area (Å²) < 4.78 is 5.41. The van der Waals surface area contributed by atoms with Crippen molar-refractivity contribution >= 4 is 0 Å². The van der Waals surface area contributed by atoms with E-state index in [9.17, 15) is 5.11 Å². The van der Waals surface area contributed by atoms with Crippen molar-refractivity contribution in [1.82, 2.24) is 5.32 Å². The van der Waals surface area contributed by atoms with Crippen molar-refractivity contribution < 1.29 is 9.84 Å². The smallest absolute Gasteiger partial charge is 0.0897 e. The Labute approximate surface area is 106 Å². The van der Waals surface area contributed by atoms with Gasteiger partial charge in [0.25, 0.3) is 0 Å². The topological polar surface area (TPSA) is 41.5 Å². The number of nitrogens with one attached hydrogen (secondary N) is 1. The highest BCUT2D eigenvalue weighted by atomic mass is 16.5. The molecule has 3 heteroatoms. The molecule has 0 radical (unpaired) electrons. The molecule has 2 N–H and O–H groups in total. The van der Waals surface area contributed by atoms with E-state index in [2.05, 4.69) is 26.1 Å². The Hall–Kier alpha value is -0.120. The van der Waals surface area contributed by atoms with Gasteiger partial charge in [0.05, 0.1) is 12.7 Å². The Bertz CT molecular complexity index is 202. The van der Waals surface area contributed by atoms with Crippen LogP contribution in [-0.2, 0) is 4.74 Å². The van der Waals surface area contributed by atoms with E-state index in [1.807, 2.05) is 0 Å². The van der Waals surface area contributed by atoms with Crippen molar-refractivity contribution in [3.8, 4) is 0 Å². The van der Waals surface area contributed by atoms with Crippen LogP contribution >= 0.6 is 0 Å². The van der Waals surface area contributed by atoms with Gasteiger partial charge >= 0.3 is 0 Å². The van der Waals surface area contributed by atoms with Crippen LogP contribution in [0.4, 0.5) is 0 Å². The quantitative estimate of drug-likeness (QED) is 0.618. The number of ether oxygens (including phenoxy) is 1. The Balaban J connectivity index is 1.98. The van der Waals surface area contributed by atoms with Crippen molar-refractivity contribution in [3.05, 3.63) is 0 Å². The summed E-state index contributed by atoms with van der Waals surface area (Å²) in [4.78, 5) is 0. The maximum Gasteiger partial charge on any atom is 0.0897 e. The number of hydrogen-bond acceptors (Lipinski definition) is 3. The van der Waals surface area contributed by atoms with Crippen molar-refractivity contribution in [3.63, 3.8) is 0 Å². The van der Waals surface area contributed by atoms with Crippen molar-refractivity contribution in [2.45, 2.75) is 52.6 Å². The number of aliphatic hydroxyl groups excluding tert-OH is 1. The molecule has 0 aromatic heterocycles. The molecule has 3 nitrogen and oxygen atoms in total. The van der Waals surface area contributed by atoms with E-state index in [1.165, 1.54) is 25.7 Å². The average molecular weight is 243 g/mol. The molecule has 1 saturated carbocycles. The van der Waals surface area contributed by atoms with Gasteiger partial charge in [-0.3, -0.25) is 0 Å². The largest absolute Gasteiger partial charge is 0.389 e. The third-order valence-electron chi connectivity index (χ3n) is 3.38. The summed E-state index contributed by atoms with van der Waals surface area (Å²) in [5, 5.41) is 13.1. The zero-order chi connectivity index (χ0) is 12.7. The minimum Gasteiger partial charge on any atom is -0.389 e. The molecule has 0 aliphatic heterocycles. The van der Waals surface area contributed by atoms with Crippen molar-refractivity contribution in [1.29, 1.82) is 0 Å². The predicted octanol–water partition coefficient (Wildman–Crippen LogP) is 2.19. The number of hydrogen-bond donors (Lipinski definition) is 2. The van der Waals surface area contributed by atoms with E-state index in [0.717, 1.165) is 13.2 Å². The van der Waals surface area contributed by atoms with Crippen molar-refractivity contribution in [2.24, 2.45) is 11.3 Å². The molecule has 0 aromatic rings. The van der Waals surface area contributed by atoms with E-state index in [4.69, 9.17) is 4.74 Å². The molecule has 0 bridgehead atoms. The van der Waals surface area contributed by atoms with Gasteiger partial charge in [0.15, 0.2) is 0 Å². The lowest BCUT2D eigenvalue weighted by Crippen LogP contribution is -2.34. The van der Waals surface area contributed by atoms with E-state index in [-0.39, 0.29) is 6.10 Å².